The van der Waals surface area contributed by atoms with Crippen LogP contribution in [-0.2, 0) is 0 Å². The van der Waals surface area contributed by atoms with E-state index < -0.39 is 11.7 Å². The molecule has 0 saturated heterocycles. The first-order valence-electron chi connectivity index (χ1n) is 5.33. The summed E-state index contributed by atoms with van der Waals surface area (Å²) in [6.07, 6.45) is 0.526. The minimum Gasteiger partial charge on any atom is -0.458 e. The van der Waals surface area contributed by atoms with Crippen molar-refractivity contribution in [1.29, 1.82) is 0 Å². The largest absolute Gasteiger partial charge is 0.458 e. The molecule has 1 N–H and O–H groups in total. The average molecular weight is 326 g/mol. The third-order valence-corrected chi connectivity index (χ3v) is 3.08. The summed E-state index contributed by atoms with van der Waals surface area (Å²) < 4.78 is 18.4. The van der Waals surface area contributed by atoms with Crippen LogP contribution in [0.25, 0.3) is 0 Å². The molecule has 0 aliphatic carbocycles. The lowest BCUT2D eigenvalue weighted by atomic mass is 10.2. The van der Waals surface area contributed by atoms with Gasteiger partial charge in [-0.2, -0.15) is 0 Å². The summed E-state index contributed by atoms with van der Waals surface area (Å²) in [5, 5.41) is 2.59. The minimum atomic E-state index is -0.423. The van der Waals surface area contributed by atoms with Crippen molar-refractivity contribution in [3.63, 3.8) is 0 Å². The van der Waals surface area contributed by atoms with E-state index >= 15 is 0 Å². The zero-order valence-electron chi connectivity index (χ0n) is 9.87. The van der Waals surface area contributed by atoms with E-state index in [-0.39, 0.29) is 15.8 Å². The Bertz CT molecular complexity index is 651. The van der Waals surface area contributed by atoms with Gasteiger partial charge in [-0.25, -0.2) is 4.39 Å². The molecule has 98 valence electrons. The number of halogens is 2. The number of carbonyl (C=O) groups excluding carboxylic acids is 2. The highest BCUT2D eigenvalue weighted by Crippen LogP contribution is 2.21. The highest BCUT2D eigenvalue weighted by molar-refractivity contribution is 9.10. The molecule has 0 spiro atoms. The van der Waals surface area contributed by atoms with Gasteiger partial charge in [0.05, 0.1) is 10.0 Å². The predicted octanol–water partition coefficient (Wildman–Crippen LogP) is 3.55. The molecule has 1 aromatic carbocycles. The molecule has 6 heteroatoms. The average Bonchev–Trinajstić information content (AvgIpc) is 2.75. The summed E-state index contributed by atoms with van der Waals surface area (Å²) in [7, 11) is 0. The molecule has 0 unspecified atom stereocenters. The zero-order valence-corrected chi connectivity index (χ0v) is 11.5. The number of anilines is 1. The first kappa shape index (κ1) is 13.5. The van der Waals surface area contributed by atoms with Crippen molar-refractivity contribution in [2.24, 2.45) is 0 Å². The maximum Gasteiger partial charge on any atom is 0.259 e. The van der Waals surface area contributed by atoms with Crippen molar-refractivity contribution >= 4 is 33.8 Å². The summed E-state index contributed by atoms with van der Waals surface area (Å²) in [6, 6.07) is 5.48. The van der Waals surface area contributed by atoms with Crippen molar-refractivity contribution in [3.05, 3.63) is 51.6 Å². The van der Waals surface area contributed by atoms with E-state index in [1.165, 1.54) is 24.3 Å². The van der Waals surface area contributed by atoms with E-state index in [0.717, 1.165) is 0 Å². The number of amides is 1. The zero-order chi connectivity index (χ0) is 14.0. The fourth-order valence-electron chi connectivity index (χ4n) is 1.56. The van der Waals surface area contributed by atoms with E-state index in [4.69, 9.17) is 4.42 Å². The van der Waals surface area contributed by atoms with Crippen LogP contribution < -0.4 is 5.32 Å². The normalized spacial score (nSPS) is 10.3. The fraction of sp³-hybridized carbons (Fsp3) is 0.0769. The fourth-order valence-corrected chi connectivity index (χ4v) is 1.94. The van der Waals surface area contributed by atoms with Crippen molar-refractivity contribution in [2.45, 2.75) is 6.92 Å². The number of carbonyl (C=O) groups is 2. The monoisotopic (exact) mass is 325 g/mol. The molecule has 0 saturated carbocycles. The van der Waals surface area contributed by atoms with Gasteiger partial charge in [-0.15, -0.1) is 0 Å². The van der Waals surface area contributed by atoms with Gasteiger partial charge in [0.1, 0.15) is 11.6 Å². The molecule has 4 nitrogen and oxygen atoms in total. The van der Waals surface area contributed by atoms with Crippen LogP contribution in [-0.4, -0.2) is 12.2 Å². The number of aldehydes is 1. The number of nitrogens with one attached hydrogen (secondary N) is 1. The Labute approximate surface area is 116 Å². The smallest absolute Gasteiger partial charge is 0.259 e. The maximum atomic E-state index is 13.1. The van der Waals surface area contributed by atoms with E-state index in [1.807, 2.05) is 0 Å². The van der Waals surface area contributed by atoms with Gasteiger partial charge in [-0.1, -0.05) is 0 Å². The first-order valence-corrected chi connectivity index (χ1v) is 6.12. The Morgan fingerprint density at radius 2 is 2.16 bits per heavy atom. The Morgan fingerprint density at radius 1 is 1.42 bits per heavy atom. The predicted molar refractivity (Wildman–Crippen MR) is 70.9 cm³/mol. The van der Waals surface area contributed by atoms with Crippen LogP contribution in [0.2, 0.25) is 0 Å². The van der Waals surface area contributed by atoms with Crippen molar-refractivity contribution in [1.82, 2.24) is 0 Å². The summed E-state index contributed by atoms with van der Waals surface area (Å²) in [4.78, 5) is 22.5. The SMILES string of the molecule is Cc1oc(C=O)cc1C(=O)Nc1ccc(F)c(Br)c1. The highest BCUT2D eigenvalue weighted by Gasteiger charge is 2.15. The Kier molecular flexibility index (Phi) is 3.80. The molecular formula is C13H9BrFNO3. The lowest BCUT2D eigenvalue weighted by Gasteiger charge is -2.05. The van der Waals surface area contributed by atoms with E-state index in [0.29, 0.717) is 17.7 Å². The van der Waals surface area contributed by atoms with Crippen molar-refractivity contribution < 1.29 is 18.4 Å². The second-order valence-corrected chi connectivity index (χ2v) is 4.67. The van der Waals surface area contributed by atoms with Gasteiger partial charge in [0.25, 0.3) is 5.91 Å². The van der Waals surface area contributed by atoms with Gasteiger partial charge in [-0.05, 0) is 41.1 Å². The summed E-state index contributed by atoms with van der Waals surface area (Å²) >= 11 is 3.03. The second kappa shape index (κ2) is 5.36. The van der Waals surface area contributed by atoms with E-state index in [1.54, 1.807) is 6.92 Å². The lowest BCUT2D eigenvalue weighted by Crippen LogP contribution is -2.12. The number of hydrogen-bond donors (Lipinski definition) is 1. The van der Waals surface area contributed by atoms with Crippen LogP contribution in [0.4, 0.5) is 10.1 Å². The standard InChI is InChI=1S/C13H9BrFNO3/c1-7-10(5-9(6-17)19-7)13(18)16-8-2-3-12(15)11(14)4-8/h2-6H,1H3,(H,16,18). The number of hydrogen-bond acceptors (Lipinski definition) is 3. The van der Waals surface area contributed by atoms with Gasteiger partial charge < -0.3 is 9.73 Å². The molecule has 2 rings (SSSR count). The van der Waals surface area contributed by atoms with Gasteiger partial charge in [0.15, 0.2) is 12.0 Å². The minimum absolute atomic E-state index is 0.0861. The second-order valence-electron chi connectivity index (χ2n) is 3.82. The van der Waals surface area contributed by atoms with Crippen LogP contribution in [0, 0.1) is 12.7 Å². The number of rotatable bonds is 3. The molecule has 0 aliphatic rings. The van der Waals surface area contributed by atoms with Crippen LogP contribution in [0.5, 0.6) is 0 Å². The number of benzene rings is 1. The van der Waals surface area contributed by atoms with Gasteiger partial charge in [0, 0.05) is 11.8 Å². The molecule has 0 radical (unpaired) electrons. The summed E-state index contributed by atoms with van der Waals surface area (Å²) in [5.41, 5.74) is 0.703. The Hall–Kier alpha value is -1.95. The Balaban J connectivity index is 2.22. The van der Waals surface area contributed by atoms with Gasteiger partial charge >= 0.3 is 0 Å². The van der Waals surface area contributed by atoms with Crippen LogP contribution in [0.3, 0.4) is 0 Å². The lowest BCUT2D eigenvalue weighted by molar-refractivity contribution is 0.102. The van der Waals surface area contributed by atoms with E-state index in [2.05, 4.69) is 21.2 Å². The van der Waals surface area contributed by atoms with Crippen molar-refractivity contribution in [3.8, 4) is 0 Å². The summed E-state index contributed by atoms with van der Waals surface area (Å²) in [5.74, 6) is -0.405. The molecule has 19 heavy (non-hydrogen) atoms. The summed E-state index contributed by atoms with van der Waals surface area (Å²) in [6.45, 7) is 1.59. The third kappa shape index (κ3) is 2.90. The third-order valence-electron chi connectivity index (χ3n) is 2.48. The van der Waals surface area contributed by atoms with Gasteiger partial charge in [0.2, 0.25) is 0 Å². The molecular weight excluding hydrogens is 317 g/mol. The molecule has 1 aromatic heterocycles. The van der Waals surface area contributed by atoms with Crippen molar-refractivity contribution in [2.75, 3.05) is 5.32 Å². The molecule has 0 aliphatic heterocycles. The van der Waals surface area contributed by atoms with Gasteiger partial charge in [-0.3, -0.25) is 9.59 Å². The molecule has 0 bridgehead atoms. The molecule has 1 heterocycles. The molecule has 2 aromatic rings. The molecule has 0 fully saturated rings. The number of furan rings is 1. The quantitative estimate of drug-likeness (QED) is 0.878. The number of aryl methyl sites for hydroxylation is 1. The molecule has 0 atom stereocenters. The Morgan fingerprint density at radius 3 is 2.74 bits per heavy atom. The molecule has 1 amide bonds. The van der Waals surface area contributed by atoms with Crippen LogP contribution in [0.15, 0.2) is 33.2 Å². The topological polar surface area (TPSA) is 59.3 Å². The van der Waals surface area contributed by atoms with Crippen LogP contribution >= 0.6 is 15.9 Å². The first-order chi connectivity index (χ1) is 9.01. The maximum absolute atomic E-state index is 13.1. The van der Waals surface area contributed by atoms with Crippen LogP contribution in [0.1, 0.15) is 26.7 Å². The van der Waals surface area contributed by atoms with E-state index in [9.17, 15) is 14.0 Å². The highest BCUT2D eigenvalue weighted by atomic mass is 79.9.